The van der Waals surface area contributed by atoms with E-state index in [1.54, 1.807) is 29.9 Å². The molecule has 148 valence electrons. The van der Waals surface area contributed by atoms with Crippen molar-refractivity contribution in [2.75, 3.05) is 18.2 Å². The SMILES string of the molecule is COc1ccc(S(=O)(=O)CCC(=O)Nc2nnc(-c3cc(C)n(C)n3)o2)cc1. The maximum Gasteiger partial charge on any atom is 0.322 e. The highest BCUT2D eigenvalue weighted by Gasteiger charge is 2.19. The van der Waals surface area contributed by atoms with Gasteiger partial charge in [-0.3, -0.25) is 14.8 Å². The van der Waals surface area contributed by atoms with Gasteiger partial charge in [-0.25, -0.2) is 8.42 Å². The number of anilines is 1. The Labute approximate surface area is 161 Å². The molecule has 0 radical (unpaired) electrons. The minimum Gasteiger partial charge on any atom is -0.497 e. The molecule has 1 N–H and O–H groups in total. The predicted molar refractivity (Wildman–Crippen MR) is 99.5 cm³/mol. The Kier molecular flexibility index (Phi) is 5.45. The number of nitrogens with zero attached hydrogens (tertiary/aromatic N) is 4. The molecule has 0 aliphatic rings. The van der Waals surface area contributed by atoms with Gasteiger partial charge in [-0.2, -0.15) is 5.10 Å². The van der Waals surface area contributed by atoms with Gasteiger partial charge in [0.25, 0.3) is 5.89 Å². The number of hydrogen-bond acceptors (Lipinski definition) is 8. The second-order valence-electron chi connectivity index (χ2n) is 6.00. The van der Waals surface area contributed by atoms with E-state index in [0.29, 0.717) is 11.4 Å². The third kappa shape index (κ3) is 4.36. The number of benzene rings is 1. The molecule has 10 nitrogen and oxygen atoms in total. The van der Waals surface area contributed by atoms with Crippen molar-refractivity contribution in [3.8, 4) is 17.3 Å². The Morgan fingerprint density at radius 1 is 1.25 bits per heavy atom. The highest BCUT2D eigenvalue weighted by Crippen LogP contribution is 2.20. The third-order valence-electron chi connectivity index (χ3n) is 4.02. The minimum absolute atomic E-state index is 0.117. The summed E-state index contributed by atoms with van der Waals surface area (Å²) in [5, 5.41) is 14.2. The van der Waals surface area contributed by atoms with Crippen LogP contribution in [0.25, 0.3) is 11.6 Å². The van der Waals surface area contributed by atoms with Crippen LogP contribution in [-0.4, -0.2) is 47.2 Å². The second kappa shape index (κ2) is 7.80. The lowest BCUT2D eigenvalue weighted by Gasteiger charge is -2.05. The van der Waals surface area contributed by atoms with Gasteiger partial charge in [0.2, 0.25) is 5.91 Å². The molecule has 3 aromatic rings. The molecule has 0 aliphatic heterocycles. The zero-order valence-electron chi connectivity index (χ0n) is 15.5. The molecule has 1 amide bonds. The Bertz CT molecular complexity index is 1070. The fraction of sp³-hybridized carbons (Fsp3) is 0.294. The fourth-order valence-electron chi connectivity index (χ4n) is 2.35. The number of methoxy groups -OCH3 is 1. The standard InChI is InChI=1S/C17H19N5O5S/c1-11-10-14(21-22(11)2)16-19-20-17(27-16)18-15(23)8-9-28(24,25)13-6-4-12(26-3)5-7-13/h4-7,10H,8-9H2,1-3H3,(H,18,20,23). The highest BCUT2D eigenvalue weighted by atomic mass is 32.2. The van der Waals surface area contributed by atoms with Crippen LogP contribution < -0.4 is 10.1 Å². The van der Waals surface area contributed by atoms with E-state index in [-0.39, 0.29) is 29.0 Å². The minimum atomic E-state index is -3.61. The van der Waals surface area contributed by atoms with Gasteiger partial charge < -0.3 is 9.15 Å². The number of amides is 1. The number of nitrogens with one attached hydrogen (secondary N) is 1. The number of ether oxygens (including phenoxy) is 1. The zero-order valence-corrected chi connectivity index (χ0v) is 16.4. The van der Waals surface area contributed by atoms with Gasteiger partial charge in [0.05, 0.1) is 17.8 Å². The maximum atomic E-state index is 12.3. The number of hydrogen-bond donors (Lipinski definition) is 1. The quantitative estimate of drug-likeness (QED) is 0.627. The molecule has 3 rings (SSSR count). The largest absolute Gasteiger partial charge is 0.497 e. The lowest BCUT2D eigenvalue weighted by molar-refractivity contribution is -0.115. The lowest BCUT2D eigenvalue weighted by atomic mass is 10.3. The van der Waals surface area contributed by atoms with Crippen LogP contribution in [0.2, 0.25) is 0 Å². The third-order valence-corrected chi connectivity index (χ3v) is 5.75. The summed E-state index contributed by atoms with van der Waals surface area (Å²) in [6.45, 7) is 1.87. The summed E-state index contributed by atoms with van der Waals surface area (Å²) < 4.78 is 36.7. The molecular weight excluding hydrogens is 386 g/mol. The van der Waals surface area contributed by atoms with E-state index >= 15 is 0 Å². The first-order chi connectivity index (χ1) is 13.3. The first-order valence-corrected chi connectivity index (χ1v) is 9.95. The second-order valence-corrected chi connectivity index (χ2v) is 8.11. The summed E-state index contributed by atoms with van der Waals surface area (Å²) in [5.74, 6) is -0.202. The number of rotatable bonds is 7. The van der Waals surface area contributed by atoms with Crippen molar-refractivity contribution in [2.45, 2.75) is 18.2 Å². The number of aromatic nitrogens is 4. The van der Waals surface area contributed by atoms with Gasteiger partial charge in [0.15, 0.2) is 9.84 Å². The van der Waals surface area contributed by atoms with Crippen LogP contribution in [0.15, 0.2) is 39.6 Å². The molecule has 1 aromatic carbocycles. The van der Waals surface area contributed by atoms with Gasteiger partial charge in [-0.05, 0) is 37.3 Å². The lowest BCUT2D eigenvalue weighted by Crippen LogP contribution is -2.17. The summed E-state index contributed by atoms with van der Waals surface area (Å²) >= 11 is 0. The smallest absolute Gasteiger partial charge is 0.322 e. The van der Waals surface area contributed by atoms with Gasteiger partial charge in [0.1, 0.15) is 11.4 Å². The monoisotopic (exact) mass is 405 g/mol. The summed E-state index contributed by atoms with van der Waals surface area (Å²) in [5.41, 5.74) is 1.39. The van der Waals surface area contributed by atoms with Crippen molar-refractivity contribution in [2.24, 2.45) is 7.05 Å². The first-order valence-electron chi connectivity index (χ1n) is 8.29. The molecule has 2 aromatic heterocycles. The molecule has 0 saturated heterocycles. The number of aryl methyl sites for hydroxylation is 2. The summed E-state index contributed by atoms with van der Waals surface area (Å²) in [4.78, 5) is 12.2. The molecule has 2 heterocycles. The Balaban J connectivity index is 1.59. The number of sulfone groups is 1. The number of carbonyl (C=O) groups is 1. The number of carbonyl (C=O) groups excluding carboxylic acids is 1. The van der Waals surface area contributed by atoms with Crippen LogP contribution >= 0.6 is 0 Å². The average molecular weight is 405 g/mol. The van der Waals surface area contributed by atoms with E-state index in [0.717, 1.165) is 5.69 Å². The van der Waals surface area contributed by atoms with Crippen molar-refractivity contribution in [1.82, 2.24) is 20.0 Å². The topological polar surface area (TPSA) is 129 Å². The van der Waals surface area contributed by atoms with E-state index < -0.39 is 15.7 Å². The van der Waals surface area contributed by atoms with Crippen molar-refractivity contribution in [1.29, 1.82) is 0 Å². The van der Waals surface area contributed by atoms with E-state index in [1.165, 1.54) is 19.2 Å². The van der Waals surface area contributed by atoms with Crippen molar-refractivity contribution < 1.29 is 22.4 Å². The van der Waals surface area contributed by atoms with E-state index in [1.807, 2.05) is 6.92 Å². The maximum absolute atomic E-state index is 12.3. The van der Waals surface area contributed by atoms with Crippen molar-refractivity contribution >= 4 is 21.8 Å². The van der Waals surface area contributed by atoms with Crippen LogP contribution in [0.5, 0.6) is 5.75 Å². The van der Waals surface area contributed by atoms with Crippen LogP contribution in [0.3, 0.4) is 0 Å². The molecule has 0 unspecified atom stereocenters. The summed E-state index contributed by atoms with van der Waals surface area (Å²) in [7, 11) is -0.337. The average Bonchev–Trinajstić information content (AvgIpc) is 3.27. The van der Waals surface area contributed by atoms with Gasteiger partial charge in [-0.1, -0.05) is 5.10 Å². The van der Waals surface area contributed by atoms with Crippen molar-refractivity contribution in [3.05, 3.63) is 36.0 Å². The van der Waals surface area contributed by atoms with Crippen LogP contribution in [0, 0.1) is 6.92 Å². The molecule has 28 heavy (non-hydrogen) atoms. The summed E-state index contributed by atoms with van der Waals surface area (Å²) in [6.07, 6.45) is -0.255. The van der Waals surface area contributed by atoms with Crippen LogP contribution in [0.4, 0.5) is 6.01 Å². The van der Waals surface area contributed by atoms with E-state index in [9.17, 15) is 13.2 Å². The summed E-state index contributed by atoms with van der Waals surface area (Å²) in [6, 6.07) is 7.61. The predicted octanol–water partition coefficient (Wildman–Crippen LogP) is 1.59. The molecule has 0 saturated carbocycles. The van der Waals surface area contributed by atoms with E-state index in [2.05, 4.69) is 20.6 Å². The zero-order chi connectivity index (χ0) is 20.3. The molecule has 0 spiro atoms. The Hall–Kier alpha value is -3.21. The van der Waals surface area contributed by atoms with Gasteiger partial charge >= 0.3 is 6.01 Å². The fourth-order valence-corrected chi connectivity index (χ4v) is 3.59. The van der Waals surface area contributed by atoms with Crippen molar-refractivity contribution in [3.63, 3.8) is 0 Å². The molecule has 0 bridgehead atoms. The van der Waals surface area contributed by atoms with E-state index in [4.69, 9.17) is 9.15 Å². The molecule has 11 heteroatoms. The van der Waals surface area contributed by atoms with Gasteiger partial charge in [-0.15, -0.1) is 5.10 Å². The normalized spacial score (nSPS) is 11.4. The van der Waals surface area contributed by atoms with Crippen LogP contribution in [0.1, 0.15) is 12.1 Å². The first kappa shape index (κ1) is 19.5. The van der Waals surface area contributed by atoms with Crippen LogP contribution in [-0.2, 0) is 21.7 Å². The molecular formula is C17H19N5O5S. The Morgan fingerprint density at radius 3 is 2.57 bits per heavy atom. The molecule has 0 fully saturated rings. The van der Waals surface area contributed by atoms with Gasteiger partial charge in [0, 0.05) is 19.2 Å². The molecule has 0 aliphatic carbocycles. The highest BCUT2D eigenvalue weighted by molar-refractivity contribution is 7.91. The Morgan fingerprint density at radius 2 is 1.96 bits per heavy atom. The molecule has 0 atom stereocenters.